The van der Waals surface area contributed by atoms with Gasteiger partial charge in [0.15, 0.2) is 5.58 Å². The van der Waals surface area contributed by atoms with Crippen LogP contribution in [0.1, 0.15) is 5.56 Å². The summed E-state index contributed by atoms with van der Waals surface area (Å²) in [6.07, 6.45) is 0.422. The Morgan fingerprint density at radius 1 is 1.13 bits per heavy atom. The van der Waals surface area contributed by atoms with Gasteiger partial charge in [-0.1, -0.05) is 6.07 Å². The van der Waals surface area contributed by atoms with E-state index in [1.807, 2.05) is 0 Å². The fourth-order valence-electron chi connectivity index (χ4n) is 2.17. The number of nitrogens with one attached hydrogen (secondary N) is 2. The van der Waals surface area contributed by atoms with Crippen molar-refractivity contribution in [2.45, 2.75) is 11.3 Å². The van der Waals surface area contributed by atoms with Crippen molar-refractivity contribution in [3.8, 4) is 0 Å². The molecule has 0 aliphatic heterocycles. The second kappa shape index (κ2) is 5.98. The number of hydrogen-bond acceptors (Lipinski definition) is 4. The maximum absolute atomic E-state index is 12.8. The van der Waals surface area contributed by atoms with Gasteiger partial charge in [0.05, 0.1) is 10.4 Å². The Morgan fingerprint density at radius 3 is 2.61 bits per heavy atom. The summed E-state index contributed by atoms with van der Waals surface area (Å²) in [7, 11) is -3.68. The van der Waals surface area contributed by atoms with Gasteiger partial charge in [0.2, 0.25) is 10.0 Å². The highest BCUT2D eigenvalue weighted by Crippen LogP contribution is 2.13. The Balaban J connectivity index is 1.67. The third kappa shape index (κ3) is 3.49. The van der Waals surface area contributed by atoms with E-state index in [-0.39, 0.29) is 11.4 Å². The minimum absolute atomic E-state index is 0.00554. The maximum Gasteiger partial charge on any atom is 0.417 e. The fraction of sp³-hybridized carbons (Fsp3) is 0.133. The predicted octanol–water partition coefficient (Wildman–Crippen LogP) is 1.78. The highest BCUT2D eigenvalue weighted by atomic mass is 32.2. The standard InChI is InChI=1S/C15H13FN2O4S/c16-11-2-4-12(5-3-11)23(20,21)17-8-7-10-1-6-13-14(9-10)22-15(19)18-13/h1-6,9,17H,7-8H2,(H,18,19). The quantitative estimate of drug-likeness (QED) is 0.743. The van der Waals surface area contributed by atoms with Gasteiger partial charge in [-0.25, -0.2) is 22.3 Å². The molecule has 0 aliphatic carbocycles. The van der Waals surface area contributed by atoms with Crippen LogP contribution in [0.15, 0.2) is 56.6 Å². The Kier molecular flexibility index (Phi) is 4.01. The molecular weight excluding hydrogens is 323 g/mol. The molecule has 8 heteroatoms. The van der Waals surface area contributed by atoms with E-state index < -0.39 is 21.6 Å². The van der Waals surface area contributed by atoms with Crippen molar-refractivity contribution in [1.29, 1.82) is 0 Å². The van der Waals surface area contributed by atoms with Crippen LogP contribution in [-0.2, 0) is 16.4 Å². The van der Waals surface area contributed by atoms with Crippen LogP contribution in [0.3, 0.4) is 0 Å². The minimum Gasteiger partial charge on any atom is -0.408 e. The second-order valence-electron chi connectivity index (χ2n) is 4.95. The van der Waals surface area contributed by atoms with Gasteiger partial charge in [0.25, 0.3) is 0 Å². The molecule has 23 heavy (non-hydrogen) atoms. The largest absolute Gasteiger partial charge is 0.417 e. The summed E-state index contributed by atoms with van der Waals surface area (Å²) < 4.78 is 44.3. The van der Waals surface area contributed by atoms with Gasteiger partial charge in [-0.05, 0) is 48.4 Å². The third-order valence-corrected chi connectivity index (χ3v) is 4.79. The first-order valence-electron chi connectivity index (χ1n) is 6.81. The van der Waals surface area contributed by atoms with Crippen molar-refractivity contribution in [2.24, 2.45) is 0 Å². The maximum atomic E-state index is 12.8. The molecule has 0 radical (unpaired) electrons. The van der Waals surface area contributed by atoms with Crippen molar-refractivity contribution in [3.05, 3.63) is 64.4 Å². The molecule has 120 valence electrons. The molecular formula is C15H13FN2O4S. The van der Waals surface area contributed by atoms with Gasteiger partial charge in [-0.2, -0.15) is 0 Å². The summed E-state index contributed by atoms with van der Waals surface area (Å²) in [5.74, 6) is -1.03. The highest BCUT2D eigenvalue weighted by molar-refractivity contribution is 7.89. The van der Waals surface area contributed by atoms with Crippen LogP contribution < -0.4 is 10.5 Å². The molecule has 3 aromatic rings. The van der Waals surface area contributed by atoms with Crippen LogP contribution in [0.25, 0.3) is 11.1 Å². The van der Waals surface area contributed by atoms with Crippen LogP contribution in [0.2, 0.25) is 0 Å². The van der Waals surface area contributed by atoms with Crippen molar-refractivity contribution >= 4 is 21.1 Å². The van der Waals surface area contributed by atoms with E-state index in [2.05, 4.69) is 9.71 Å². The fourth-order valence-corrected chi connectivity index (χ4v) is 3.20. The summed E-state index contributed by atoms with van der Waals surface area (Å²) >= 11 is 0. The molecule has 0 bridgehead atoms. The smallest absolute Gasteiger partial charge is 0.408 e. The van der Waals surface area contributed by atoms with Gasteiger partial charge >= 0.3 is 5.76 Å². The number of sulfonamides is 1. The van der Waals surface area contributed by atoms with E-state index in [0.717, 1.165) is 17.7 Å². The van der Waals surface area contributed by atoms with Gasteiger partial charge in [0, 0.05) is 6.54 Å². The number of rotatable bonds is 5. The summed E-state index contributed by atoms with van der Waals surface area (Å²) in [5.41, 5.74) is 1.83. The van der Waals surface area contributed by atoms with Gasteiger partial charge in [-0.3, -0.25) is 4.98 Å². The molecule has 0 amide bonds. The Bertz CT molecular complexity index is 990. The Hall–Kier alpha value is -2.45. The molecule has 0 unspecified atom stereocenters. The zero-order valence-electron chi connectivity index (χ0n) is 11.9. The van der Waals surface area contributed by atoms with E-state index in [9.17, 15) is 17.6 Å². The predicted molar refractivity (Wildman–Crippen MR) is 82.1 cm³/mol. The topological polar surface area (TPSA) is 92.2 Å². The molecule has 1 heterocycles. The molecule has 0 saturated carbocycles. The summed E-state index contributed by atoms with van der Waals surface area (Å²) in [5, 5.41) is 0. The lowest BCUT2D eigenvalue weighted by Gasteiger charge is -2.06. The zero-order valence-corrected chi connectivity index (χ0v) is 12.7. The average molecular weight is 336 g/mol. The number of aromatic amines is 1. The van der Waals surface area contributed by atoms with Crippen molar-refractivity contribution in [3.63, 3.8) is 0 Å². The number of fused-ring (bicyclic) bond motifs is 1. The van der Waals surface area contributed by atoms with E-state index in [1.54, 1.807) is 18.2 Å². The first kappa shape index (κ1) is 15.4. The minimum atomic E-state index is -3.68. The number of benzene rings is 2. The lowest BCUT2D eigenvalue weighted by Crippen LogP contribution is -2.26. The third-order valence-electron chi connectivity index (χ3n) is 3.32. The van der Waals surface area contributed by atoms with Crippen LogP contribution >= 0.6 is 0 Å². The average Bonchev–Trinajstić information content (AvgIpc) is 2.87. The lowest BCUT2D eigenvalue weighted by molar-refractivity contribution is 0.555. The number of aromatic nitrogens is 1. The summed E-state index contributed by atoms with van der Waals surface area (Å²) in [4.78, 5) is 13.6. The van der Waals surface area contributed by atoms with Crippen LogP contribution in [-0.4, -0.2) is 19.9 Å². The molecule has 0 fully saturated rings. The molecule has 0 spiro atoms. The monoisotopic (exact) mass is 336 g/mol. The Labute approximate surface area is 131 Å². The second-order valence-corrected chi connectivity index (χ2v) is 6.71. The van der Waals surface area contributed by atoms with Crippen LogP contribution in [0, 0.1) is 5.82 Å². The first-order chi connectivity index (χ1) is 10.9. The lowest BCUT2D eigenvalue weighted by atomic mass is 10.1. The number of oxazole rings is 1. The molecule has 0 atom stereocenters. The number of H-pyrrole nitrogens is 1. The van der Waals surface area contributed by atoms with E-state index in [4.69, 9.17) is 4.42 Å². The zero-order chi connectivity index (χ0) is 16.4. The summed E-state index contributed by atoms with van der Waals surface area (Å²) in [6.45, 7) is 0.167. The molecule has 6 nitrogen and oxygen atoms in total. The normalized spacial score (nSPS) is 11.9. The van der Waals surface area contributed by atoms with Crippen LogP contribution in [0.4, 0.5) is 4.39 Å². The van der Waals surface area contributed by atoms with Gasteiger partial charge in [0.1, 0.15) is 5.82 Å². The molecule has 0 aliphatic rings. The Morgan fingerprint density at radius 2 is 1.87 bits per heavy atom. The van der Waals surface area contributed by atoms with Crippen molar-refractivity contribution in [1.82, 2.24) is 9.71 Å². The molecule has 1 aromatic heterocycles. The van der Waals surface area contributed by atoms with E-state index in [0.29, 0.717) is 17.5 Å². The molecule has 3 rings (SSSR count). The van der Waals surface area contributed by atoms with Gasteiger partial charge in [-0.15, -0.1) is 0 Å². The summed E-state index contributed by atoms with van der Waals surface area (Å²) in [6, 6.07) is 9.76. The van der Waals surface area contributed by atoms with E-state index in [1.165, 1.54) is 12.1 Å². The first-order valence-corrected chi connectivity index (χ1v) is 8.29. The molecule has 2 N–H and O–H groups in total. The number of halogens is 1. The number of hydrogen-bond donors (Lipinski definition) is 2. The highest BCUT2D eigenvalue weighted by Gasteiger charge is 2.13. The van der Waals surface area contributed by atoms with Gasteiger partial charge < -0.3 is 4.42 Å². The van der Waals surface area contributed by atoms with Crippen LogP contribution in [0.5, 0.6) is 0 Å². The van der Waals surface area contributed by atoms with Crippen molar-refractivity contribution in [2.75, 3.05) is 6.54 Å². The molecule has 0 saturated heterocycles. The van der Waals surface area contributed by atoms with Crippen molar-refractivity contribution < 1.29 is 17.2 Å². The molecule has 2 aromatic carbocycles. The van der Waals surface area contributed by atoms with E-state index >= 15 is 0 Å². The SMILES string of the molecule is O=c1[nH]c2ccc(CCNS(=O)(=O)c3ccc(F)cc3)cc2o1.